The Balaban J connectivity index is 1.97. The van der Waals surface area contributed by atoms with Gasteiger partial charge in [0.25, 0.3) is 0 Å². The first kappa shape index (κ1) is 10.4. The van der Waals surface area contributed by atoms with Crippen molar-refractivity contribution in [1.29, 1.82) is 0 Å². The summed E-state index contributed by atoms with van der Waals surface area (Å²) < 4.78 is 5.01. The quantitative estimate of drug-likeness (QED) is 0.789. The van der Waals surface area contributed by atoms with Gasteiger partial charge in [-0.3, -0.25) is 0 Å². The average molecular weight is 211 g/mol. The van der Waals surface area contributed by atoms with E-state index in [0.717, 1.165) is 12.8 Å². The van der Waals surface area contributed by atoms with Crippen LogP contribution in [0.3, 0.4) is 0 Å². The van der Waals surface area contributed by atoms with Crippen molar-refractivity contribution >= 4 is 6.01 Å². The third kappa shape index (κ3) is 2.47. The van der Waals surface area contributed by atoms with Gasteiger partial charge in [0.2, 0.25) is 0 Å². The van der Waals surface area contributed by atoms with E-state index in [0.29, 0.717) is 17.8 Å². The zero-order valence-electron chi connectivity index (χ0n) is 8.94. The van der Waals surface area contributed by atoms with E-state index >= 15 is 0 Å². The van der Waals surface area contributed by atoms with Crippen molar-refractivity contribution in [3.8, 4) is 0 Å². The summed E-state index contributed by atoms with van der Waals surface area (Å²) in [5.74, 6) is 0.944. The third-order valence-corrected chi connectivity index (χ3v) is 2.98. The number of anilines is 1. The number of nitrogens with one attached hydrogen (secondary N) is 1. The van der Waals surface area contributed by atoms with E-state index in [1.54, 1.807) is 6.92 Å². The number of nitrogens with zero attached hydrogens (tertiary/aromatic N) is 2. The molecule has 0 aliphatic heterocycles. The molecule has 0 aromatic carbocycles. The summed E-state index contributed by atoms with van der Waals surface area (Å²) in [6.07, 6.45) is 4.53. The lowest BCUT2D eigenvalue weighted by atomic mass is 9.85. The Morgan fingerprint density at radius 1 is 1.47 bits per heavy atom. The molecule has 0 spiro atoms. The van der Waals surface area contributed by atoms with E-state index in [2.05, 4.69) is 15.5 Å². The number of rotatable bonds is 3. The predicted molar refractivity (Wildman–Crippen MR) is 55.5 cm³/mol. The Hall–Kier alpha value is -1.10. The lowest BCUT2D eigenvalue weighted by Gasteiger charge is -2.29. The molecule has 1 aromatic rings. The summed E-state index contributed by atoms with van der Waals surface area (Å²) in [5, 5.41) is 16.2. The summed E-state index contributed by atoms with van der Waals surface area (Å²) in [6.45, 7) is 2.02. The van der Waals surface area contributed by atoms with Crippen LogP contribution in [0.4, 0.5) is 6.01 Å². The van der Waals surface area contributed by atoms with Gasteiger partial charge in [-0.25, -0.2) is 0 Å². The Bertz CT molecular complexity index is 313. The fraction of sp³-hybridized carbons (Fsp3) is 0.800. The first-order chi connectivity index (χ1) is 7.29. The maximum atomic E-state index is 9.24. The van der Waals surface area contributed by atoms with Crippen LogP contribution in [0.2, 0.25) is 0 Å². The van der Waals surface area contributed by atoms with Crippen molar-refractivity contribution in [2.24, 2.45) is 5.92 Å². The van der Waals surface area contributed by atoms with Gasteiger partial charge in [-0.1, -0.05) is 18.0 Å². The van der Waals surface area contributed by atoms with Crippen molar-refractivity contribution in [1.82, 2.24) is 10.1 Å². The molecule has 2 atom stereocenters. The highest BCUT2D eigenvalue weighted by Crippen LogP contribution is 2.26. The molecule has 1 fully saturated rings. The molecule has 0 bridgehead atoms. The highest BCUT2D eigenvalue weighted by atomic mass is 16.5. The predicted octanol–water partition coefficient (Wildman–Crippen LogP) is 1.34. The van der Waals surface area contributed by atoms with Crippen molar-refractivity contribution in [3.63, 3.8) is 0 Å². The van der Waals surface area contributed by atoms with Gasteiger partial charge in [0, 0.05) is 18.6 Å². The second kappa shape index (κ2) is 4.61. The van der Waals surface area contributed by atoms with Crippen molar-refractivity contribution in [2.75, 3.05) is 11.9 Å². The van der Waals surface area contributed by atoms with Crippen LogP contribution in [0.25, 0.3) is 0 Å². The van der Waals surface area contributed by atoms with E-state index in [4.69, 9.17) is 4.52 Å². The molecular weight excluding hydrogens is 194 g/mol. The van der Waals surface area contributed by atoms with Crippen molar-refractivity contribution in [2.45, 2.75) is 38.6 Å². The van der Waals surface area contributed by atoms with Crippen molar-refractivity contribution < 1.29 is 9.63 Å². The first-order valence-electron chi connectivity index (χ1n) is 5.47. The van der Waals surface area contributed by atoms with Gasteiger partial charge in [-0.15, -0.1) is 0 Å². The monoisotopic (exact) mass is 211 g/mol. The lowest BCUT2D eigenvalue weighted by molar-refractivity contribution is 0.176. The zero-order chi connectivity index (χ0) is 10.7. The molecule has 2 unspecified atom stereocenters. The molecule has 1 aromatic heterocycles. The highest BCUT2D eigenvalue weighted by Gasteiger charge is 2.25. The summed E-state index contributed by atoms with van der Waals surface area (Å²) in [4.78, 5) is 4.10. The molecule has 84 valence electrons. The zero-order valence-corrected chi connectivity index (χ0v) is 8.94. The minimum absolute atomic E-state index is 0.227. The Morgan fingerprint density at radius 3 is 2.93 bits per heavy atom. The van der Waals surface area contributed by atoms with Crippen LogP contribution in [0, 0.1) is 12.8 Å². The molecule has 0 amide bonds. The Morgan fingerprint density at radius 2 is 2.27 bits per heavy atom. The molecule has 15 heavy (non-hydrogen) atoms. The smallest absolute Gasteiger partial charge is 0.321 e. The average Bonchev–Trinajstić information content (AvgIpc) is 2.65. The minimum atomic E-state index is 0.227. The van der Waals surface area contributed by atoms with Crippen LogP contribution in [-0.2, 0) is 0 Å². The number of hydrogen-bond donors (Lipinski definition) is 2. The molecule has 1 aliphatic rings. The summed E-state index contributed by atoms with van der Waals surface area (Å²) >= 11 is 0. The molecule has 2 rings (SSSR count). The molecule has 2 N–H and O–H groups in total. The van der Waals surface area contributed by atoms with Crippen LogP contribution in [0.1, 0.15) is 31.5 Å². The summed E-state index contributed by atoms with van der Waals surface area (Å²) in [5.41, 5.74) is 0. The molecule has 1 aliphatic carbocycles. The maximum absolute atomic E-state index is 9.24. The normalized spacial score (nSPS) is 26.5. The van der Waals surface area contributed by atoms with Gasteiger partial charge < -0.3 is 14.9 Å². The second-order valence-electron chi connectivity index (χ2n) is 4.12. The molecule has 1 heterocycles. The van der Waals surface area contributed by atoms with E-state index in [9.17, 15) is 5.11 Å². The molecular formula is C10H17N3O2. The van der Waals surface area contributed by atoms with Gasteiger partial charge in [0.1, 0.15) is 0 Å². The van der Waals surface area contributed by atoms with E-state index in [1.807, 2.05) is 0 Å². The maximum Gasteiger partial charge on any atom is 0.321 e. The first-order valence-corrected chi connectivity index (χ1v) is 5.47. The molecule has 0 radical (unpaired) electrons. The SMILES string of the molecule is Cc1noc(NC2CCCCC2CO)n1. The number of aromatic nitrogens is 2. The second-order valence-corrected chi connectivity index (χ2v) is 4.12. The number of aliphatic hydroxyl groups excluding tert-OH is 1. The molecule has 5 heteroatoms. The lowest BCUT2D eigenvalue weighted by Crippen LogP contribution is -2.34. The van der Waals surface area contributed by atoms with Gasteiger partial charge in [-0.2, -0.15) is 4.98 Å². The topological polar surface area (TPSA) is 71.2 Å². The van der Waals surface area contributed by atoms with Gasteiger partial charge in [0.05, 0.1) is 0 Å². The third-order valence-electron chi connectivity index (χ3n) is 2.98. The van der Waals surface area contributed by atoms with E-state index in [-0.39, 0.29) is 12.6 Å². The molecule has 1 saturated carbocycles. The van der Waals surface area contributed by atoms with Crippen LogP contribution in [-0.4, -0.2) is 27.9 Å². The van der Waals surface area contributed by atoms with Gasteiger partial charge in [-0.05, 0) is 19.8 Å². The van der Waals surface area contributed by atoms with E-state index < -0.39 is 0 Å². The van der Waals surface area contributed by atoms with Crippen LogP contribution < -0.4 is 5.32 Å². The standard InChI is InChI=1S/C10H17N3O2/c1-7-11-10(15-13-7)12-9-5-3-2-4-8(9)6-14/h8-9,14H,2-6H2,1H3,(H,11,12,13). The van der Waals surface area contributed by atoms with E-state index in [1.165, 1.54) is 12.8 Å². The molecule has 5 nitrogen and oxygen atoms in total. The molecule has 0 saturated heterocycles. The van der Waals surface area contributed by atoms with Gasteiger partial charge in [0.15, 0.2) is 5.82 Å². The Kier molecular flexibility index (Phi) is 3.20. The largest absolute Gasteiger partial charge is 0.396 e. The minimum Gasteiger partial charge on any atom is -0.396 e. The van der Waals surface area contributed by atoms with Crippen molar-refractivity contribution in [3.05, 3.63) is 5.82 Å². The fourth-order valence-electron chi connectivity index (χ4n) is 2.13. The van der Waals surface area contributed by atoms with Crippen LogP contribution >= 0.6 is 0 Å². The summed E-state index contributed by atoms with van der Waals surface area (Å²) in [7, 11) is 0. The fourth-order valence-corrected chi connectivity index (χ4v) is 2.13. The summed E-state index contributed by atoms with van der Waals surface area (Å²) in [6, 6.07) is 0.737. The van der Waals surface area contributed by atoms with Crippen LogP contribution in [0.5, 0.6) is 0 Å². The van der Waals surface area contributed by atoms with Crippen LogP contribution in [0.15, 0.2) is 4.52 Å². The Labute approximate surface area is 88.9 Å². The van der Waals surface area contributed by atoms with Gasteiger partial charge >= 0.3 is 6.01 Å². The number of aliphatic hydroxyl groups is 1. The number of aryl methyl sites for hydroxylation is 1. The highest BCUT2D eigenvalue weighted by molar-refractivity contribution is 5.21. The number of hydrogen-bond acceptors (Lipinski definition) is 5.